The number of esters is 1. The number of allylic oxidation sites excluding steroid dienone is 2. The largest absolute Gasteiger partial charge is 0.469 e. The summed E-state index contributed by atoms with van der Waals surface area (Å²) in [5.74, 6) is -1.71. The van der Waals surface area contributed by atoms with Crippen LogP contribution in [0.3, 0.4) is 0 Å². The first kappa shape index (κ1) is 25.4. The van der Waals surface area contributed by atoms with E-state index in [9.17, 15) is 14.7 Å². The zero-order valence-corrected chi connectivity index (χ0v) is 21.3. The number of ether oxygens (including phenoxy) is 1. The van der Waals surface area contributed by atoms with Gasteiger partial charge in [-0.2, -0.15) is 0 Å². The zero-order valence-electron chi connectivity index (χ0n) is 21.3. The molecule has 0 radical (unpaired) electrons. The highest BCUT2D eigenvalue weighted by molar-refractivity contribution is 5.93. The van der Waals surface area contributed by atoms with E-state index in [1.54, 1.807) is 0 Å². The van der Waals surface area contributed by atoms with Crippen molar-refractivity contribution in [1.82, 2.24) is 5.32 Å². The summed E-state index contributed by atoms with van der Waals surface area (Å²) in [6, 6.07) is 9.90. The van der Waals surface area contributed by atoms with Gasteiger partial charge in [0.2, 0.25) is 5.91 Å². The van der Waals surface area contributed by atoms with Crippen molar-refractivity contribution in [2.24, 2.45) is 40.9 Å². The van der Waals surface area contributed by atoms with Gasteiger partial charge in [0.15, 0.2) is 0 Å². The molecule has 0 aromatic heterocycles. The molecule has 2 N–H and O–H groups in total. The van der Waals surface area contributed by atoms with Gasteiger partial charge in [0.25, 0.3) is 0 Å². The van der Waals surface area contributed by atoms with Gasteiger partial charge in [0.05, 0.1) is 24.5 Å². The molecule has 1 spiro atoms. The third-order valence-electron chi connectivity index (χ3n) is 8.65. The molecule has 188 valence electrons. The number of rotatable bonds is 3. The first-order chi connectivity index (χ1) is 16.7. The number of amides is 1. The molecule has 1 saturated heterocycles. The monoisotopic (exact) mass is 477 g/mol. The Kier molecular flexibility index (Phi) is 7.37. The van der Waals surface area contributed by atoms with Crippen LogP contribution in [0.4, 0.5) is 0 Å². The third kappa shape index (κ3) is 4.40. The summed E-state index contributed by atoms with van der Waals surface area (Å²) in [5.41, 5.74) is 0.668. The third-order valence-corrected chi connectivity index (χ3v) is 8.65. The molecule has 9 atom stereocenters. The number of hydrogen-bond acceptors (Lipinski definition) is 4. The number of carbonyl (C=O) groups is 2. The molecule has 4 rings (SSSR count). The van der Waals surface area contributed by atoms with Crippen LogP contribution < -0.4 is 5.32 Å². The molecule has 2 aliphatic carbocycles. The summed E-state index contributed by atoms with van der Waals surface area (Å²) in [6.45, 7) is 10.6. The molecule has 3 aliphatic rings. The van der Waals surface area contributed by atoms with Crippen molar-refractivity contribution < 1.29 is 19.4 Å². The van der Waals surface area contributed by atoms with Gasteiger partial charge in [0, 0.05) is 17.9 Å². The number of hydrogen-bond donors (Lipinski definition) is 2. The number of aliphatic hydroxyl groups excluding tert-OH is 1. The van der Waals surface area contributed by atoms with E-state index in [0.29, 0.717) is 12.3 Å². The molecule has 1 saturated carbocycles. The van der Waals surface area contributed by atoms with Crippen LogP contribution in [0, 0.1) is 40.9 Å². The van der Waals surface area contributed by atoms with Crippen molar-refractivity contribution in [3.63, 3.8) is 0 Å². The van der Waals surface area contributed by atoms with Crippen molar-refractivity contribution in [3.05, 3.63) is 72.4 Å². The Bertz CT molecular complexity index is 1010. The van der Waals surface area contributed by atoms with Crippen LogP contribution in [-0.4, -0.2) is 36.2 Å². The normalized spacial score (nSPS) is 39.2. The topological polar surface area (TPSA) is 75.6 Å². The summed E-state index contributed by atoms with van der Waals surface area (Å²) >= 11 is 0. The summed E-state index contributed by atoms with van der Waals surface area (Å²) in [7, 11) is 1.37. The molecule has 1 aliphatic heterocycles. The molecule has 5 heteroatoms. The Labute approximate surface area is 209 Å². The highest BCUT2D eigenvalue weighted by Gasteiger charge is 2.69. The first-order valence-corrected chi connectivity index (χ1v) is 12.9. The van der Waals surface area contributed by atoms with Crippen molar-refractivity contribution in [1.29, 1.82) is 0 Å². The Balaban J connectivity index is 1.92. The van der Waals surface area contributed by atoms with Gasteiger partial charge < -0.3 is 15.2 Å². The standard InChI is InChI=1S/C30H39NO4/c1-18-10-9-13-23-27(32)21(4)20(3)26-25(17-22-11-7-6-8-12-22)31-29(34)30(23,26)24(28(33)35-5)15-14-19(2)16-18/h6-9,11-15,18-20,23-27,32H,4,10,16-17H2,1-3,5H3,(H,31,34)/t18?,19?,20?,23?,24?,25?,26?,27?,30-/m1/s1. The zero-order chi connectivity index (χ0) is 25.3. The van der Waals surface area contributed by atoms with E-state index >= 15 is 0 Å². The van der Waals surface area contributed by atoms with Gasteiger partial charge in [-0.3, -0.25) is 9.59 Å². The molecule has 0 bridgehead atoms. The smallest absolute Gasteiger partial charge is 0.313 e. The van der Waals surface area contributed by atoms with Gasteiger partial charge in [-0.1, -0.05) is 82.0 Å². The second kappa shape index (κ2) is 10.1. The minimum atomic E-state index is -1.17. The lowest BCUT2D eigenvalue weighted by Crippen LogP contribution is -2.59. The van der Waals surface area contributed by atoms with Crippen LogP contribution in [0.5, 0.6) is 0 Å². The van der Waals surface area contributed by atoms with Gasteiger partial charge in [-0.15, -0.1) is 0 Å². The molecule has 1 amide bonds. The Hall–Kier alpha value is -2.66. The molecule has 8 unspecified atom stereocenters. The molecule has 1 aromatic carbocycles. The lowest BCUT2D eigenvalue weighted by molar-refractivity contribution is -0.161. The fraction of sp³-hybridized carbons (Fsp3) is 0.533. The molecule has 2 fully saturated rings. The molecule has 1 heterocycles. The molecule has 5 nitrogen and oxygen atoms in total. The second-order valence-electron chi connectivity index (χ2n) is 10.9. The highest BCUT2D eigenvalue weighted by Crippen LogP contribution is 2.60. The van der Waals surface area contributed by atoms with Gasteiger partial charge >= 0.3 is 5.97 Å². The molecular formula is C30H39NO4. The van der Waals surface area contributed by atoms with Gasteiger partial charge in [-0.05, 0) is 48.2 Å². The van der Waals surface area contributed by atoms with Crippen molar-refractivity contribution in [2.45, 2.75) is 52.2 Å². The maximum absolute atomic E-state index is 14.2. The van der Waals surface area contributed by atoms with Crippen LogP contribution in [0.1, 0.15) is 39.2 Å². The number of aliphatic hydroxyl groups is 1. The quantitative estimate of drug-likeness (QED) is 0.497. The Morgan fingerprint density at radius 2 is 1.89 bits per heavy atom. The Morgan fingerprint density at radius 1 is 1.17 bits per heavy atom. The summed E-state index contributed by atoms with van der Waals surface area (Å²) in [5, 5.41) is 14.8. The van der Waals surface area contributed by atoms with Crippen molar-refractivity contribution in [2.75, 3.05) is 7.11 Å². The van der Waals surface area contributed by atoms with Gasteiger partial charge in [-0.25, -0.2) is 0 Å². The maximum Gasteiger partial charge on any atom is 0.313 e. The average molecular weight is 478 g/mol. The second-order valence-corrected chi connectivity index (χ2v) is 10.9. The lowest BCUT2D eigenvalue weighted by Gasteiger charge is -2.52. The number of nitrogens with one attached hydrogen (secondary N) is 1. The van der Waals surface area contributed by atoms with E-state index in [0.717, 1.165) is 24.0 Å². The molecule has 35 heavy (non-hydrogen) atoms. The van der Waals surface area contributed by atoms with Crippen molar-refractivity contribution in [3.8, 4) is 0 Å². The summed E-state index contributed by atoms with van der Waals surface area (Å²) in [6.07, 6.45) is 9.57. The summed E-state index contributed by atoms with van der Waals surface area (Å²) in [4.78, 5) is 27.6. The van der Waals surface area contributed by atoms with Crippen molar-refractivity contribution >= 4 is 11.9 Å². The fourth-order valence-electron chi connectivity index (χ4n) is 6.99. The SMILES string of the molecule is C=C1C(C)C2C(Cc3ccccc3)NC(=O)[C@]23C(C(=O)OC)C=CC(C)CC(C)CC=CC3C1O. The van der Waals surface area contributed by atoms with E-state index in [2.05, 4.69) is 50.0 Å². The molecular weight excluding hydrogens is 438 g/mol. The van der Waals surface area contributed by atoms with Crippen LogP contribution in [0.25, 0.3) is 0 Å². The number of methoxy groups -OCH3 is 1. The predicted molar refractivity (Wildman–Crippen MR) is 137 cm³/mol. The van der Waals surface area contributed by atoms with E-state index in [1.807, 2.05) is 37.3 Å². The molecule has 1 aromatic rings. The average Bonchev–Trinajstić information content (AvgIpc) is 3.10. The lowest BCUT2D eigenvalue weighted by atomic mass is 9.49. The maximum atomic E-state index is 14.2. The predicted octanol–water partition coefficient (Wildman–Crippen LogP) is 4.48. The van der Waals surface area contributed by atoms with E-state index in [1.165, 1.54) is 7.11 Å². The highest BCUT2D eigenvalue weighted by atomic mass is 16.5. The minimum Gasteiger partial charge on any atom is -0.469 e. The van der Waals surface area contributed by atoms with Crippen LogP contribution in [0.15, 0.2) is 66.8 Å². The fourth-order valence-corrected chi connectivity index (χ4v) is 6.99. The first-order valence-electron chi connectivity index (χ1n) is 12.9. The number of carbonyl (C=O) groups excluding carboxylic acids is 2. The van der Waals surface area contributed by atoms with Crippen LogP contribution >= 0.6 is 0 Å². The van der Waals surface area contributed by atoms with Crippen LogP contribution in [0.2, 0.25) is 0 Å². The van der Waals surface area contributed by atoms with Gasteiger partial charge in [0.1, 0.15) is 0 Å². The number of benzene rings is 1. The van der Waals surface area contributed by atoms with E-state index in [4.69, 9.17) is 4.74 Å². The summed E-state index contributed by atoms with van der Waals surface area (Å²) < 4.78 is 5.30. The Morgan fingerprint density at radius 3 is 2.57 bits per heavy atom. The van der Waals surface area contributed by atoms with E-state index in [-0.39, 0.29) is 29.7 Å². The van der Waals surface area contributed by atoms with Crippen LogP contribution in [-0.2, 0) is 20.7 Å². The van der Waals surface area contributed by atoms with E-state index < -0.39 is 29.3 Å². The minimum absolute atomic E-state index is 0.163.